The van der Waals surface area contributed by atoms with Gasteiger partial charge in [-0.2, -0.15) is 13.2 Å². The molecule has 2 fully saturated rings. The van der Waals surface area contributed by atoms with Crippen molar-refractivity contribution in [1.82, 2.24) is 10.2 Å². The van der Waals surface area contributed by atoms with Crippen LogP contribution in [0.25, 0.3) is 0 Å². The van der Waals surface area contributed by atoms with Gasteiger partial charge in [-0.15, -0.1) is 0 Å². The van der Waals surface area contributed by atoms with E-state index in [1.54, 1.807) is 31.4 Å². The number of carboxylic acid groups (broad SMARTS) is 1. The van der Waals surface area contributed by atoms with Crippen LogP contribution in [0.5, 0.6) is 11.5 Å². The maximum atomic E-state index is 12.9. The van der Waals surface area contributed by atoms with Crippen LogP contribution < -0.4 is 14.8 Å². The van der Waals surface area contributed by atoms with Crippen molar-refractivity contribution < 1.29 is 47.2 Å². The van der Waals surface area contributed by atoms with Gasteiger partial charge in [0.15, 0.2) is 5.78 Å². The second kappa shape index (κ2) is 20.0. The van der Waals surface area contributed by atoms with Gasteiger partial charge in [0.05, 0.1) is 19.8 Å². The molecule has 2 atom stereocenters. The van der Waals surface area contributed by atoms with Crippen molar-refractivity contribution in [2.75, 3.05) is 33.4 Å². The van der Waals surface area contributed by atoms with Gasteiger partial charge in [-0.25, -0.2) is 4.79 Å². The lowest BCUT2D eigenvalue weighted by atomic mass is 9.87. The van der Waals surface area contributed by atoms with E-state index in [-0.39, 0.29) is 11.7 Å². The zero-order chi connectivity index (χ0) is 34.9. The van der Waals surface area contributed by atoms with E-state index in [0.29, 0.717) is 37.8 Å². The number of aliphatic hydroxyl groups is 1. The van der Waals surface area contributed by atoms with Gasteiger partial charge in [0.1, 0.15) is 17.6 Å². The monoisotopic (exact) mass is 678 g/mol. The smallest absolute Gasteiger partial charge is 0.490 e. The van der Waals surface area contributed by atoms with Crippen molar-refractivity contribution in [3.8, 4) is 11.5 Å². The summed E-state index contributed by atoms with van der Waals surface area (Å²) in [5.41, 5.74) is 1.43. The predicted molar refractivity (Wildman–Crippen MR) is 175 cm³/mol. The summed E-state index contributed by atoms with van der Waals surface area (Å²) >= 11 is 0. The third-order valence-corrected chi connectivity index (χ3v) is 8.83. The molecule has 3 N–H and O–H groups in total. The summed E-state index contributed by atoms with van der Waals surface area (Å²) in [4.78, 5) is 36.6. The number of alkyl halides is 3. The number of hydrogen-bond acceptors (Lipinski definition) is 7. The topological polar surface area (TPSA) is 125 Å². The Bertz CT molecular complexity index is 1260. The highest BCUT2D eigenvalue weighted by Crippen LogP contribution is 2.27. The number of benzene rings is 2. The standard InChI is InChI=1S/C34H48N2O5.C2HF3O2/c1-40-29-17-13-27(14-18-29)32(37)11-5-6-12-33(38)35-31(25-36-22-7-8-23-36)34(39)28-15-19-30(20-16-28)41-24-21-26-9-3-2-4-10-26;3-2(4,5)1(6)7/h13-20,26,31,34,39H,2-12,21-25H2,1H3,(H,35,38);(H,6,7)/t31?,34-;/m1./s1. The van der Waals surface area contributed by atoms with Gasteiger partial charge in [-0.3, -0.25) is 9.59 Å². The van der Waals surface area contributed by atoms with E-state index in [9.17, 15) is 27.9 Å². The Morgan fingerprint density at radius 1 is 0.896 bits per heavy atom. The number of hydrogen-bond donors (Lipinski definition) is 3. The molecule has 0 spiro atoms. The number of nitrogens with zero attached hydrogens (tertiary/aromatic N) is 1. The molecule has 1 amide bonds. The molecule has 9 nitrogen and oxygen atoms in total. The highest BCUT2D eigenvalue weighted by atomic mass is 19.4. The number of ether oxygens (including phenoxy) is 2. The Morgan fingerprint density at radius 2 is 1.48 bits per heavy atom. The molecule has 266 valence electrons. The molecule has 0 aromatic heterocycles. The van der Waals surface area contributed by atoms with E-state index < -0.39 is 24.3 Å². The Balaban J connectivity index is 0.000000804. The van der Waals surface area contributed by atoms with Crippen molar-refractivity contribution in [3.63, 3.8) is 0 Å². The summed E-state index contributed by atoms with van der Waals surface area (Å²) in [6, 6.07) is 14.4. The van der Waals surface area contributed by atoms with Gasteiger partial charge in [0.25, 0.3) is 0 Å². The number of aliphatic carboxylic acids is 1. The molecular weight excluding hydrogens is 629 g/mol. The number of carbonyl (C=O) groups excluding carboxylic acids is 2. The zero-order valence-corrected chi connectivity index (χ0v) is 27.7. The molecule has 1 saturated heterocycles. The Kier molecular flexibility index (Phi) is 16.2. The third-order valence-electron chi connectivity index (χ3n) is 8.83. The largest absolute Gasteiger partial charge is 0.497 e. The molecule has 0 radical (unpaired) electrons. The maximum Gasteiger partial charge on any atom is 0.490 e. The zero-order valence-electron chi connectivity index (χ0n) is 27.7. The number of likely N-dealkylation sites (tertiary alicyclic amines) is 1. The molecule has 1 aliphatic heterocycles. The third kappa shape index (κ3) is 13.8. The van der Waals surface area contributed by atoms with Crippen molar-refractivity contribution in [2.24, 2.45) is 5.92 Å². The molecule has 48 heavy (non-hydrogen) atoms. The van der Waals surface area contributed by atoms with Gasteiger partial charge in [0, 0.05) is 24.9 Å². The fourth-order valence-electron chi connectivity index (χ4n) is 6.05. The van der Waals surface area contributed by atoms with Crippen LogP contribution in [0.15, 0.2) is 48.5 Å². The Hall–Kier alpha value is -3.64. The molecule has 1 heterocycles. The Labute approximate surface area is 280 Å². The number of rotatable bonds is 16. The van der Waals surface area contributed by atoms with Gasteiger partial charge in [0.2, 0.25) is 5.91 Å². The summed E-state index contributed by atoms with van der Waals surface area (Å²) in [6.07, 6.45) is 6.17. The van der Waals surface area contributed by atoms with Gasteiger partial charge in [-0.05, 0) is 93.1 Å². The lowest BCUT2D eigenvalue weighted by Gasteiger charge is -2.29. The van der Waals surface area contributed by atoms with E-state index in [2.05, 4.69) is 10.2 Å². The number of ketones is 1. The first-order valence-electron chi connectivity index (χ1n) is 16.9. The number of methoxy groups -OCH3 is 1. The van der Waals surface area contributed by atoms with E-state index >= 15 is 0 Å². The number of unbranched alkanes of at least 4 members (excludes halogenated alkanes) is 1. The Morgan fingerprint density at radius 3 is 2.06 bits per heavy atom. The molecular formula is C36H49F3N2O7. The molecule has 1 aliphatic carbocycles. The number of carbonyl (C=O) groups is 3. The quantitative estimate of drug-likeness (QED) is 0.132. The number of halogens is 3. The number of amides is 1. The molecule has 2 aliphatic rings. The van der Waals surface area contributed by atoms with E-state index in [1.807, 2.05) is 24.3 Å². The molecule has 2 aromatic carbocycles. The average Bonchev–Trinajstić information content (AvgIpc) is 3.60. The van der Waals surface area contributed by atoms with Crippen molar-refractivity contribution in [2.45, 2.75) is 95.4 Å². The van der Waals surface area contributed by atoms with Crippen molar-refractivity contribution >= 4 is 17.7 Å². The van der Waals surface area contributed by atoms with Crippen LogP contribution in [0.3, 0.4) is 0 Å². The number of nitrogens with one attached hydrogen (secondary N) is 1. The number of carboxylic acids is 1. The molecule has 1 unspecified atom stereocenters. The second-order valence-electron chi connectivity index (χ2n) is 12.5. The minimum absolute atomic E-state index is 0.0665. The SMILES string of the molecule is COc1ccc(C(=O)CCCCC(=O)NC(CN2CCCC2)[C@H](O)c2ccc(OCCC3CCCCC3)cc2)cc1.O=C(O)C(F)(F)F. The fourth-order valence-corrected chi connectivity index (χ4v) is 6.05. The average molecular weight is 679 g/mol. The lowest BCUT2D eigenvalue weighted by molar-refractivity contribution is -0.192. The predicted octanol–water partition coefficient (Wildman–Crippen LogP) is 6.74. The maximum absolute atomic E-state index is 12.9. The molecule has 12 heteroatoms. The molecule has 2 aromatic rings. The van der Waals surface area contributed by atoms with Crippen LogP contribution in [0, 0.1) is 5.92 Å². The molecule has 1 saturated carbocycles. The van der Waals surface area contributed by atoms with Gasteiger partial charge >= 0.3 is 12.1 Å². The normalized spacial score (nSPS) is 16.7. The van der Waals surface area contributed by atoms with Crippen LogP contribution in [-0.2, 0) is 9.59 Å². The highest BCUT2D eigenvalue weighted by Gasteiger charge is 2.38. The first-order chi connectivity index (χ1) is 23.0. The summed E-state index contributed by atoms with van der Waals surface area (Å²) in [6.45, 7) is 3.31. The summed E-state index contributed by atoms with van der Waals surface area (Å²) in [5, 5.41) is 21.5. The summed E-state index contributed by atoms with van der Waals surface area (Å²) in [7, 11) is 1.60. The fraction of sp³-hybridized carbons (Fsp3) is 0.583. The lowest BCUT2D eigenvalue weighted by Crippen LogP contribution is -2.46. The minimum atomic E-state index is -5.08. The summed E-state index contributed by atoms with van der Waals surface area (Å²) in [5.74, 6) is -0.454. The summed E-state index contributed by atoms with van der Waals surface area (Å²) < 4.78 is 42.9. The van der Waals surface area contributed by atoms with Crippen LogP contribution in [-0.4, -0.2) is 78.3 Å². The van der Waals surface area contributed by atoms with E-state index in [1.165, 1.54) is 32.1 Å². The van der Waals surface area contributed by atoms with Crippen LogP contribution in [0.2, 0.25) is 0 Å². The highest BCUT2D eigenvalue weighted by molar-refractivity contribution is 5.96. The van der Waals surface area contributed by atoms with Crippen LogP contribution >= 0.6 is 0 Å². The van der Waals surface area contributed by atoms with Gasteiger partial charge in [-0.1, -0.05) is 44.2 Å². The first-order valence-corrected chi connectivity index (χ1v) is 16.9. The van der Waals surface area contributed by atoms with Crippen molar-refractivity contribution in [1.29, 1.82) is 0 Å². The van der Waals surface area contributed by atoms with Crippen molar-refractivity contribution in [3.05, 3.63) is 59.7 Å². The first kappa shape index (κ1) is 38.8. The van der Waals surface area contributed by atoms with E-state index in [0.717, 1.165) is 61.9 Å². The minimum Gasteiger partial charge on any atom is -0.497 e. The van der Waals surface area contributed by atoms with E-state index in [4.69, 9.17) is 19.4 Å². The number of Topliss-reactive ketones (excluding diaryl/α,β-unsaturated/α-hetero) is 1. The van der Waals surface area contributed by atoms with Crippen LogP contribution in [0.1, 0.15) is 99.1 Å². The molecule has 4 rings (SSSR count). The van der Waals surface area contributed by atoms with Crippen LogP contribution in [0.4, 0.5) is 13.2 Å². The molecule has 0 bridgehead atoms. The number of aliphatic hydroxyl groups excluding tert-OH is 1. The second-order valence-corrected chi connectivity index (χ2v) is 12.5. The van der Waals surface area contributed by atoms with Gasteiger partial charge < -0.3 is 29.9 Å².